The lowest BCUT2D eigenvalue weighted by Crippen LogP contribution is -2.53. The molecule has 1 aromatic rings. The average Bonchev–Trinajstić information content (AvgIpc) is 2.37. The van der Waals surface area contributed by atoms with Gasteiger partial charge >= 0.3 is 0 Å². The highest BCUT2D eigenvalue weighted by Gasteiger charge is 2.33. The largest absolute Gasteiger partial charge is 0.497 e. The molecule has 8 heteroatoms. The number of aliphatic imine (C=N–C) groups is 2. The van der Waals surface area contributed by atoms with Crippen LogP contribution < -0.4 is 16.2 Å². The zero-order valence-corrected chi connectivity index (χ0v) is 13.1. The maximum atomic E-state index is 5.82. The molecular formula is C13H20ClN5O2. The van der Waals surface area contributed by atoms with Gasteiger partial charge in [-0.15, -0.1) is 12.4 Å². The zero-order chi connectivity index (χ0) is 14.8. The number of hydrogen-bond donors (Lipinski definition) is 2. The van der Waals surface area contributed by atoms with Gasteiger partial charge in [0.1, 0.15) is 12.4 Å². The van der Waals surface area contributed by atoms with Crippen LogP contribution in [0.1, 0.15) is 19.4 Å². The Morgan fingerprint density at radius 3 is 2.33 bits per heavy atom. The van der Waals surface area contributed by atoms with Crippen LogP contribution >= 0.6 is 12.4 Å². The Kier molecular flexibility index (Phi) is 5.40. The molecule has 0 unspecified atom stereocenters. The molecule has 1 aliphatic heterocycles. The number of rotatable bonds is 4. The molecule has 0 fully saturated rings. The maximum absolute atomic E-state index is 5.82. The molecule has 0 atom stereocenters. The van der Waals surface area contributed by atoms with E-state index in [1.165, 1.54) is 5.06 Å². The molecule has 0 aliphatic carbocycles. The number of nitrogens with two attached hydrogens (primary N) is 2. The first kappa shape index (κ1) is 17.1. The summed E-state index contributed by atoms with van der Waals surface area (Å²) in [6.45, 7) is 4.03. The summed E-state index contributed by atoms with van der Waals surface area (Å²) < 4.78 is 5.10. The SMILES string of the molecule is COc1ccc(CON2C(N)=NC(N)=NC2(C)C)cc1.Cl. The summed E-state index contributed by atoms with van der Waals surface area (Å²) >= 11 is 0. The zero-order valence-electron chi connectivity index (χ0n) is 12.2. The van der Waals surface area contributed by atoms with E-state index < -0.39 is 5.66 Å². The molecule has 0 aromatic heterocycles. The first-order valence-corrected chi connectivity index (χ1v) is 6.18. The van der Waals surface area contributed by atoms with E-state index >= 15 is 0 Å². The highest BCUT2D eigenvalue weighted by molar-refractivity contribution is 5.95. The fourth-order valence-electron chi connectivity index (χ4n) is 1.88. The van der Waals surface area contributed by atoms with E-state index in [1.54, 1.807) is 7.11 Å². The lowest BCUT2D eigenvalue weighted by atomic mass is 10.2. The molecule has 2 rings (SSSR count). The Labute approximate surface area is 130 Å². The third-order valence-electron chi connectivity index (χ3n) is 2.84. The maximum Gasteiger partial charge on any atom is 0.226 e. The van der Waals surface area contributed by atoms with E-state index in [4.69, 9.17) is 21.0 Å². The van der Waals surface area contributed by atoms with Gasteiger partial charge < -0.3 is 16.2 Å². The number of hydrogen-bond acceptors (Lipinski definition) is 7. The lowest BCUT2D eigenvalue weighted by molar-refractivity contribution is -0.166. The summed E-state index contributed by atoms with van der Waals surface area (Å²) in [6.07, 6.45) is 0. The Morgan fingerprint density at radius 1 is 1.19 bits per heavy atom. The molecule has 1 aromatic carbocycles. The van der Waals surface area contributed by atoms with Crippen molar-refractivity contribution in [2.45, 2.75) is 26.1 Å². The van der Waals surface area contributed by atoms with Crippen molar-refractivity contribution in [1.82, 2.24) is 5.06 Å². The standard InChI is InChI=1S/C13H19N5O2.ClH/c1-13(2)17-11(14)16-12(15)18(13)20-8-9-4-6-10(19-3)7-5-9;/h4-7H,8H2,1-3H3,(H4,14,15,16,17);1H. The van der Waals surface area contributed by atoms with Crippen molar-refractivity contribution < 1.29 is 9.57 Å². The average molecular weight is 314 g/mol. The van der Waals surface area contributed by atoms with Gasteiger partial charge in [-0.25, -0.2) is 4.99 Å². The summed E-state index contributed by atoms with van der Waals surface area (Å²) in [5.74, 6) is 1.14. The summed E-state index contributed by atoms with van der Waals surface area (Å²) in [4.78, 5) is 13.8. The highest BCUT2D eigenvalue weighted by Crippen LogP contribution is 2.21. The lowest BCUT2D eigenvalue weighted by Gasteiger charge is -2.36. The quantitative estimate of drug-likeness (QED) is 0.871. The monoisotopic (exact) mass is 313 g/mol. The van der Waals surface area contributed by atoms with Crippen molar-refractivity contribution in [2.24, 2.45) is 21.5 Å². The molecule has 0 amide bonds. The van der Waals surface area contributed by atoms with Crippen LogP contribution in [0.3, 0.4) is 0 Å². The van der Waals surface area contributed by atoms with Crippen molar-refractivity contribution in [2.75, 3.05) is 7.11 Å². The van der Waals surface area contributed by atoms with Crippen molar-refractivity contribution in [3.8, 4) is 5.75 Å². The van der Waals surface area contributed by atoms with Gasteiger partial charge in [0.25, 0.3) is 0 Å². The molecule has 7 nitrogen and oxygen atoms in total. The van der Waals surface area contributed by atoms with E-state index in [-0.39, 0.29) is 24.3 Å². The van der Waals surface area contributed by atoms with Crippen LogP contribution in [-0.2, 0) is 11.4 Å². The minimum atomic E-state index is -0.692. The molecular weight excluding hydrogens is 294 g/mol. The minimum Gasteiger partial charge on any atom is -0.497 e. The number of hydroxylamine groups is 2. The molecule has 4 N–H and O–H groups in total. The Morgan fingerprint density at radius 2 is 1.81 bits per heavy atom. The number of guanidine groups is 2. The predicted octanol–water partition coefficient (Wildman–Crippen LogP) is 1.23. The number of methoxy groups -OCH3 is 1. The molecule has 0 radical (unpaired) electrons. The highest BCUT2D eigenvalue weighted by atomic mass is 35.5. The second-order valence-corrected chi connectivity index (χ2v) is 4.85. The van der Waals surface area contributed by atoms with E-state index in [1.807, 2.05) is 38.1 Å². The summed E-state index contributed by atoms with van der Waals surface area (Å²) in [5.41, 5.74) is 11.7. The minimum absolute atomic E-state index is 0. The van der Waals surface area contributed by atoms with Crippen molar-refractivity contribution >= 4 is 24.3 Å². The molecule has 1 heterocycles. The second kappa shape index (κ2) is 6.64. The first-order valence-electron chi connectivity index (χ1n) is 6.18. The third kappa shape index (κ3) is 3.99. The van der Waals surface area contributed by atoms with Gasteiger partial charge in [-0.1, -0.05) is 12.1 Å². The van der Waals surface area contributed by atoms with Crippen LogP contribution in [0.2, 0.25) is 0 Å². The molecule has 0 bridgehead atoms. The fourth-order valence-corrected chi connectivity index (χ4v) is 1.88. The van der Waals surface area contributed by atoms with Gasteiger partial charge in [-0.2, -0.15) is 10.1 Å². The van der Waals surface area contributed by atoms with Crippen LogP contribution in [0.5, 0.6) is 5.75 Å². The predicted molar refractivity (Wildman–Crippen MR) is 84.2 cm³/mol. The van der Waals surface area contributed by atoms with Crippen LogP contribution in [-0.4, -0.2) is 29.8 Å². The number of ether oxygens (including phenoxy) is 1. The van der Waals surface area contributed by atoms with Gasteiger partial charge in [0.15, 0.2) is 5.66 Å². The molecule has 21 heavy (non-hydrogen) atoms. The van der Waals surface area contributed by atoms with Crippen LogP contribution in [0.15, 0.2) is 34.3 Å². The number of nitrogens with zero attached hydrogens (tertiary/aromatic N) is 3. The van der Waals surface area contributed by atoms with Crippen LogP contribution in [0.25, 0.3) is 0 Å². The fraction of sp³-hybridized carbons (Fsp3) is 0.385. The van der Waals surface area contributed by atoms with Crippen molar-refractivity contribution in [3.63, 3.8) is 0 Å². The summed E-state index contributed by atoms with van der Waals surface area (Å²) in [7, 11) is 1.63. The molecule has 1 aliphatic rings. The Balaban J connectivity index is 0.00000220. The van der Waals surface area contributed by atoms with Gasteiger partial charge in [-0.3, -0.25) is 4.84 Å². The summed E-state index contributed by atoms with van der Waals surface area (Å²) in [6, 6.07) is 7.57. The van der Waals surface area contributed by atoms with Gasteiger partial charge in [0.05, 0.1) is 7.11 Å². The Hall–Kier alpha value is -1.99. The van der Waals surface area contributed by atoms with Gasteiger partial charge in [0, 0.05) is 0 Å². The van der Waals surface area contributed by atoms with E-state index in [2.05, 4.69) is 9.98 Å². The first-order chi connectivity index (χ1) is 9.42. The van der Waals surface area contributed by atoms with Gasteiger partial charge in [0.2, 0.25) is 11.9 Å². The molecule has 0 saturated heterocycles. The second-order valence-electron chi connectivity index (χ2n) is 4.85. The van der Waals surface area contributed by atoms with Crippen molar-refractivity contribution in [1.29, 1.82) is 0 Å². The van der Waals surface area contributed by atoms with E-state index in [9.17, 15) is 0 Å². The van der Waals surface area contributed by atoms with Crippen LogP contribution in [0, 0.1) is 0 Å². The number of benzene rings is 1. The number of halogens is 1. The van der Waals surface area contributed by atoms with Crippen LogP contribution in [0.4, 0.5) is 0 Å². The summed E-state index contributed by atoms with van der Waals surface area (Å²) in [5, 5.41) is 1.45. The van der Waals surface area contributed by atoms with E-state index in [0.29, 0.717) is 6.61 Å². The molecule has 0 saturated carbocycles. The normalized spacial score (nSPS) is 16.6. The molecule has 116 valence electrons. The van der Waals surface area contributed by atoms with E-state index in [0.717, 1.165) is 11.3 Å². The van der Waals surface area contributed by atoms with Crippen molar-refractivity contribution in [3.05, 3.63) is 29.8 Å². The molecule has 0 spiro atoms. The topological polar surface area (TPSA) is 98.5 Å². The smallest absolute Gasteiger partial charge is 0.226 e. The Bertz CT molecular complexity index is 542. The third-order valence-corrected chi connectivity index (χ3v) is 2.84. The van der Waals surface area contributed by atoms with Gasteiger partial charge in [-0.05, 0) is 31.5 Å².